The summed E-state index contributed by atoms with van der Waals surface area (Å²) < 4.78 is 7.89. The summed E-state index contributed by atoms with van der Waals surface area (Å²) in [4.78, 5) is 17.0. The van der Waals surface area contributed by atoms with Crippen molar-refractivity contribution < 1.29 is 9.53 Å². The van der Waals surface area contributed by atoms with Crippen LogP contribution in [0.5, 0.6) is 5.75 Å². The highest BCUT2D eigenvalue weighted by Crippen LogP contribution is 2.28. The zero-order valence-electron chi connectivity index (χ0n) is 14.2. The largest absolute Gasteiger partial charge is 0.486 e. The topological polar surface area (TPSA) is 55.6 Å². The molecule has 0 saturated heterocycles. The van der Waals surface area contributed by atoms with Gasteiger partial charge in [-0.3, -0.25) is 4.79 Å². The molecule has 0 aliphatic heterocycles. The molecule has 0 spiro atoms. The van der Waals surface area contributed by atoms with Gasteiger partial charge in [-0.05, 0) is 49.4 Å². The molecule has 1 aromatic carbocycles. The number of rotatable bonds is 6. The van der Waals surface area contributed by atoms with E-state index in [1.807, 2.05) is 54.0 Å². The Kier molecular flexibility index (Phi) is 4.14. The third-order valence-electron chi connectivity index (χ3n) is 4.48. The fraction of sp³-hybridized carbons (Fsp3) is 0.300. The van der Waals surface area contributed by atoms with E-state index in [9.17, 15) is 4.79 Å². The van der Waals surface area contributed by atoms with Gasteiger partial charge in [0.05, 0.1) is 11.3 Å². The number of carbonyl (C=O) groups excluding carboxylic acids is 1. The van der Waals surface area contributed by atoms with Gasteiger partial charge < -0.3 is 14.5 Å². The number of aryl methyl sites for hydroxylation is 1. The first-order valence-corrected chi connectivity index (χ1v) is 8.64. The average molecular weight is 335 g/mol. The number of benzene rings is 1. The standard InChI is InChI=1S/C20H21N3O2/c1-14-5-4-10-23-12-16(22-19(14)23)13-25-18-7-3-2-6-17(18)20(24)21-11-15-8-9-15/h2-7,10,12,15H,8-9,11,13H2,1H3,(H,21,24). The summed E-state index contributed by atoms with van der Waals surface area (Å²) in [5.41, 5.74) is 3.45. The zero-order valence-corrected chi connectivity index (χ0v) is 14.2. The maximum absolute atomic E-state index is 12.4. The van der Waals surface area contributed by atoms with Crippen LogP contribution in [0.3, 0.4) is 0 Å². The Hall–Kier alpha value is -2.82. The quantitative estimate of drug-likeness (QED) is 0.751. The lowest BCUT2D eigenvalue weighted by molar-refractivity contribution is 0.0947. The zero-order chi connectivity index (χ0) is 17.2. The van der Waals surface area contributed by atoms with Crippen molar-refractivity contribution in [2.75, 3.05) is 6.54 Å². The van der Waals surface area contributed by atoms with Crippen LogP contribution in [0.2, 0.25) is 0 Å². The summed E-state index contributed by atoms with van der Waals surface area (Å²) >= 11 is 0. The van der Waals surface area contributed by atoms with Crippen molar-refractivity contribution in [2.45, 2.75) is 26.4 Å². The van der Waals surface area contributed by atoms with Crippen LogP contribution >= 0.6 is 0 Å². The van der Waals surface area contributed by atoms with E-state index in [4.69, 9.17) is 4.74 Å². The van der Waals surface area contributed by atoms with Crippen LogP contribution in [-0.2, 0) is 6.61 Å². The van der Waals surface area contributed by atoms with Crippen molar-refractivity contribution in [3.05, 3.63) is 65.6 Å². The number of imidazole rings is 1. The highest BCUT2D eigenvalue weighted by atomic mass is 16.5. The predicted molar refractivity (Wildman–Crippen MR) is 95.8 cm³/mol. The van der Waals surface area contributed by atoms with E-state index in [0.29, 0.717) is 23.8 Å². The van der Waals surface area contributed by atoms with Crippen LogP contribution in [-0.4, -0.2) is 21.8 Å². The minimum absolute atomic E-state index is 0.0756. The molecule has 5 nitrogen and oxygen atoms in total. The number of nitrogens with one attached hydrogen (secondary N) is 1. The first-order valence-electron chi connectivity index (χ1n) is 8.64. The fourth-order valence-corrected chi connectivity index (χ4v) is 2.86. The van der Waals surface area contributed by atoms with E-state index in [0.717, 1.165) is 23.4 Å². The number of nitrogens with zero attached hydrogens (tertiary/aromatic N) is 2. The molecule has 1 N–H and O–H groups in total. The SMILES string of the molecule is Cc1cccn2cc(COc3ccccc3C(=O)NCC3CC3)nc12. The van der Waals surface area contributed by atoms with Crippen LogP contribution in [0.25, 0.3) is 5.65 Å². The smallest absolute Gasteiger partial charge is 0.255 e. The Morgan fingerprint density at radius 2 is 2.12 bits per heavy atom. The number of hydrogen-bond donors (Lipinski definition) is 1. The molecule has 0 bridgehead atoms. The molecule has 0 atom stereocenters. The minimum atomic E-state index is -0.0756. The highest BCUT2D eigenvalue weighted by molar-refractivity contribution is 5.96. The molecular formula is C20H21N3O2. The molecular weight excluding hydrogens is 314 g/mol. The Labute approximate surface area is 146 Å². The van der Waals surface area contributed by atoms with Gasteiger partial charge in [0, 0.05) is 18.9 Å². The minimum Gasteiger partial charge on any atom is -0.486 e. The first kappa shape index (κ1) is 15.7. The van der Waals surface area contributed by atoms with Crippen molar-refractivity contribution in [1.82, 2.24) is 14.7 Å². The van der Waals surface area contributed by atoms with Gasteiger partial charge in [0.15, 0.2) is 0 Å². The van der Waals surface area contributed by atoms with Crippen LogP contribution in [0, 0.1) is 12.8 Å². The van der Waals surface area contributed by atoms with Crippen molar-refractivity contribution >= 4 is 11.6 Å². The molecule has 2 aromatic heterocycles. The summed E-state index contributed by atoms with van der Waals surface area (Å²) in [6.07, 6.45) is 6.35. The third-order valence-corrected chi connectivity index (χ3v) is 4.48. The molecule has 5 heteroatoms. The molecule has 25 heavy (non-hydrogen) atoms. The second-order valence-electron chi connectivity index (χ2n) is 6.59. The first-order chi connectivity index (χ1) is 12.2. The molecule has 1 saturated carbocycles. The summed E-state index contributed by atoms with van der Waals surface area (Å²) in [6, 6.07) is 11.4. The van der Waals surface area contributed by atoms with Crippen molar-refractivity contribution in [3.8, 4) is 5.75 Å². The Morgan fingerprint density at radius 1 is 1.28 bits per heavy atom. The lowest BCUT2D eigenvalue weighted by Gasteiger charge is -2.10. The summed E-state index contributed by atoms with van der Waals surface area (Å²) in [6.45, 7) is 3.11. The second kappa shape index (κ2) is 6.59. The number of amides is 1. The van der Waals surface area contributed by atoms with E-state index in [-0.39, 0.29) is 5.91 Å². The molecule has 128 valence electrons. The number of ether oxygens (including phenoxy) is 1. The molecule has 3 aromatic rings. The van der Waals surface area contributed by atoms with Gasteiger partial charge in [-0.15, -0.1) is 0 Å². The van der Waals surface area contributed by atoms with Crippen LogP contribution in [0.15, 0.2) is 48.8 Å². The van der Waals surface area contributed by atoms with Gasteiger partial charge >= 0.3 is 0 Å². The normalized spacial score (nSPS) is 13.8. The maximum atomic E-state index is 12.4. The highest BCUT2D eigenvalue weighted by Gasteiger charge is 2.22. The molecule has 1 aliphatic carbocycles. The summed E-state index contributed by atoms with van der Waals surface area (Å²) in [5, 5.41) is 2.99. The van der Waals surface area contributed by atoms with E-state index < -0.39 is 0 Å². The Bertz CT molecular complexity index is 912. The fourth-order valence-electron chi connectivity index (χ4n) is 2.86. The van der Waals surface area contributed by atoms with Crippen LogP contribution in [0.1, 0.15) is 34.5 Å². The summed E-state index contributed by atoms with van der Waals surface area (Å²) in [5.74, 6) is 1.16. The number of hydrogen-bond acceptors (Lipinski definition) is 3. The second-order valence-corrected chi connectivity index (χ2v) is 6.59. The van der Waals surface area contributed by atoms with Gasteiger partial charge in [-0.2, -0.15) is 0 Å². The van der Waals surface area contributed by atoms with Gasteiger partial charge in [-0.1, -0.05) is 18.2 Å². The van der Waals surface area contributed by atoms with Crippen LogP contribution < -0.4 is 10.1 Å². The predicted octanol–water partition coefficient (Wildman–Crippen LogP) is 3.36. The molecule has 2 heterocycles. The molecule has 1 fully saturated rings. The molecule has 4 rings (SSSR count). The van der Waals surface area contributed by atoms with Crippen LogP contribution in [0.4, 0.5) is 0 Å². The van der Waals surface area contributed by atoms with E-state index >= 15 is 0 Å². The lowest BCUT2D eigenvalue weighted by Crippen LogP contribution is -2.26. The van der Waals surface area contributed by atoms with E-state index in [1.165, 1.54) is 12.8 Å². The van der Waals surface area contributed by atoms with E-state index in [1.54, 1.807) is 6.07 Å². The third kappa shape index (κ3) is 3.50. The Morgan fingerprint density at radius 3 is 2.92 bits per heavy atom. The van der Waals surface area contributed by atoms with Gasteiger partial charge in [-0.25, -0.2) is 4.98 Å². The maximum Gasteiger partial charge on any atom is 0.255 e. The van der Waals surface area contributed by atoms with Gasteiger partial charge in [0.2, 0.25) is 0 Å². The van der Waals surface area contributed by atoms with Gasteiger partial charge in [0.25, 0.3) is 5.91 Å². The van der Waals surface area contributed by atoms with Crippen molar-refractivity contribution in [2.24, 2.45) is 5.92 Å². The molecule has 0 radical (unpaired) electrons. The number of pyridine rings is 1. The van der Waals surface area contributed by atoms with Crippen molar-refractivity contribution in [1.29, 1.82) is 0 Å². The Balaban J connectivity index is 1.48. The number of para-hydroxylation sites is 1. The molecule has 0 unspecified atom stereocenters. The van der Waals surface area contributed by atoms with Gasteiger partial charge in [0.1, 0.15) is 18.0 Å². The number of carbonyl (C=O) groups is 1. The average Bonchev–Trinajstić information content (AvgIpc) is 3.36. The molecule has 1 amide bonds. The lowest BCUT2D eigenvalue weighted by atomic mass is 10.2. The number of fused-ring (bicyclic) bond motifs is 1. The van der Waals surface area contributed by atoms with Crippen molar-refractivity contribution in [3.63, 3.8) is 0 Å². The summed E-state index contributed by atoms with van der Waals surface area (Å²) in [7, 11) is 0. The van der Waals surface area contributed by atoms with E-state index in [2.05, 4.69) is 10.3 Å². The molecule has 1 aliphatic rings. The monoisotopic (exact) mass is 335 g/mol. The number of aromatic nitrogens is 2.